The summed E-state index contributed by atoms with van der Waals surface area (Å²) in [6.45, 7) is 0. The molecule has 2 atom stereocenters. The summed E-state index contributed by atoms with van der Waals surface area (Å²) in [5.41, 5.74) is 7.85. The fraction of sp³-hybridized carbons (Fsp3) is 0.333. The molecule has 5 N–H and O–H groups in total. The number of para-hydroxylation sites is 1. The molecule has 0 aliphatic heterocycles. The van der Waals surface area contributed by atoms with Crippen LogP contribution in [0.15, 0.2) is 35.8 Å². The first-order chi connectivity index (χ1) is 16.1. The number of nitrogens with one attached hydrogen (secondary N) is 2. The number of aliphatic carboxylic acids is 1. The van der Waals surface area contributed by atoms with Crippen LogP contribution in [0.3, 0.4) is 0 Å². The molecule has 182 valence electrons. The fourth-order valence-electron chi connectivity index (χ4n) is 3.32. The zero-order valence-corrected chi connectivity index (χ0v) is 19.2. The normalized spacial score (nSPS) is 18.0. The van der Waals surface area contributed by atoms with Crippen LogP contribution < -0.4 is 16.4 Å². The second-order valence-corrected chi connectivity index (χ2v) is 8.76. The number of carbonyl (C=O) groups excluding carboxylic acids is 1. The maximum absolute atomic E-state index is 12.7. The quantitative estimate of drug-likeness (QED) is 0.388. The average molecular weight is 516 g/mol. The number of nitrogens with two attached hydrogens (primary N) is 1. The van der Waals surface area contributed by atoms with Crippen LogP contribution in [0.4, 0.5) is 24.7 Å². The summed E-state index contributed by atoms with van der Waals surface area (Å²) in [7, 11) is 0. The van der Waals surface area contributed by atoms with E-state index in [1.807, 2.05) is 12.1 Å². The minimum Gasteiger partial charge on any atom is -0.475 e. The van der Waals surface area contributed by atoms with Gasteiger partial charge in [0.05, 0.1) is 22.5 Å². The lowest BCUT2D eigenvalue weighted by Crippen LogP contribution is -2.42. The maximum Gasteiger partial charge on any atom is 0.490 e. The summed E-state index contributed by atoms with van der Waals surface area (Å²) in [4.78, 5) is 31.4. The molecule has 2 aromatic heterocycles. The number of amides is 1. The molecule has 1 fully saturated rings. The fourth-order valence-corrected chi connectivity index (χ4v) is 4.33. The van der Waals surface area contributed by atoms with Crippen molar-refractivity contribution in [2.24, 2.45) is 5.73 Å². The second kappa shape index (κ2) is 11.0. The van der Waals surface area contributed by atoms with Gasteiger partial charge in [0.2, 0.25) is 0 Å². The summed E-state index contributed by atoms with van der Waals surface area (Å²) in [6.07, 6.45) is 0.976. The molecule has 0 unspecified atom stereocenters. The van der Waals surface area contributed by atoms with Gasteiger partial charge < -0.3 is 21.5 Å². The van der Waals surface area contributed by atoms with Crippen molar-refractivity contribution in [2.45, 2.75) is 43.9 Å². The monoisotopic (exact) mass is 515 g/mol. The molecule has 34 heavy (non-hydrogen) atoms. The van der Waals surface area contributed by atoms with Crippen LogP contribution in [-0.4, -0.2) is 45.2 Å². The van der Waals surface area contributed by atoms with Crippen molar-refractivity contribution >= 4 is 56.7 Å². The number of rotatable bonds is 4. The molecule has 3 aromatic rings. The van der Waals surface area contributed by atoms with Gasteiger partial charge in [0.15, 0.2) is 0 Å². The number of benzene rings is 1. The highest BCUT2D eigenvalue weighted by molar-refractivity contribution is 7.17. The molecule has 0 saturated heterocycles. The van der Waals surface area contributed by atoms with Crippen LogP contribution in [0.25, 0.3) is 10.3 Å². The SMILES string of the molecule is N[C@H]1CCCC[C@H]1Nc1cnc2scc(C(=O)Nc3ccccc3Cl)c2n1.O=C(O)C(F)(F)F. The number of fused-ring (bicyclic) bond motifs is 1. The third-order valence-electron chi connectivity index (χ3n) is 5.04. The smallest absolute Gasteiger partial charge is 0.475 e. The van der Waals surface area contributed by atoms with Gasteiger partial charge >= 0.3 is 12.1 Å². The van der Waals surface area contributed by atoms with Gasteiger partial charge in [0.1, 0.15) is 16.2 Å². The van der Waals surface area contributed by atoms with Crippen LogP contribution in [0, 0.1) is 0 Å². The number of halogens is 4. The van der Waals surface area contributed by atoms with Crippen molar-refractivity contribution in [1.82, 2.24) is 9.97 Å². The van der Waals surface area contributed by atoms with Crippen molar-refractivity contribution in [3.05, 3.63) is 46.4 Å². The molecule has 8 nitrogen and oxygen atoms in total. The minimum absolute atomic E-state index is 0.113. The summed E-state index contributed by atoms with van der Waals surface area (Å²) >= 11 is 7.53. The molecule has 0 spiro atoms. The molecule has 1 aliphatic carbocycles. The van der Waals surface area contributed by atoms with E-state index in [0.717, 1.165) is 24.1 Å². The lowest BCUT2D eigenvalue weighted by Gasteiger charge is -2.29. The Kier molecular flexibility index (Phi) is 8.28. The summed E-state index contributed by atoms with van der Waals surface area (Å²) < 4.78 is 31.7. The van der Waals surface area contributed by atoms with E-state index in [9.17, 15) is 18.0 Å². The first-order valence-corrected chi connectivity index (χ1v) is 11.4. The standard InChI is InChI=1S/C19H20ClN5OS.C2HF3O2/c20-12-5-1-3-7-14(12)24-18(26)11-10-27-19-17(11)25-16(9-22-19)23-15-8-4-2-6-13(15)21;3-2(4,5)1(6)7/h1,3,5,7,9-10,13,15H,2,4,6,8,21H2,(H,23,25)(H,24,26);(H,6,7)/t13-,15+;/m0./s1. The highest BCUT2D eigenvalue weighted by atomic mass is 35.5. The molecule has 4 rings (SSSR count). The van der Waals surface area contributed by atoms with Crippen molar-refractivity contribution in [1.29, 1.82) is 0 Å². The van der Waals surface area contributed by atoms with E-state index in [0.29, 0.717) is 27.6 Å². The van der Waals surface area contributed by atoms with Crippen LogP contribution in [0.1, 0.15) is 36.0 Å². The van der Waals surface area contributed by atoms with Crippen molar-refractivity contribution in [2.75, 3.05) is 10.6 Å². The second-order valence-electron chi connectivity index (χ2n) is 7.49. The molecular formula is C21H21ClF3N5O3S. The Morgan fingerprint density at radius 3 is 2.53 bits per heavy atom. The van der Waals surface area contributed by atoms with Crippen molar-refractivity contribution in [3.8, 4) is 0 Å². The molecule has 13 heteroatoms. The summed E-state index contributed by atoms with van der Waals surface area (Å²) in [6, 6.07) is 7.43. The predicted molar refractivity (Wildman–Crippen MR) is 124 cm³/mol. The largest absolute Gasteiger partial charge is 0.490 e. The molecule has 1 aliphatic rings. The summed E-state index contributed by atoms with van der Waals surface area (Å²) in [5.74, 6) is -2.36. The van der Waals surface area contributed by atoms with E-state index in [-0.39, 0.29) is 18.0 Å². The number of anilines is 2. The van der Waals surface area contributed by atoms with E-state index in [1.165, 1.54) is 17.8 Å². The van der Waals surface area contributed by atoms with Gasteiger partial charge in [-0.05, 0) is 25.0 Å². The zero-order valence-electron chi connectivity index (χ0n) is 17.6. The summed E-state index contributed by atoms with van der Waals surface area (Å²) in [5, 5.41) is 15.6. The Labute approximate surface area is 201 Å². The van der Waals surface area contributed by atoms with Gasteiger partial charge in [-0.25, -0.2) is 14.8 Å². The van der Waals surface area contributed by atoms with Gasteiger partial charge in [-0.2, -0.15) is 13.2 Å². The highest BCUT2D eigenvalue weighted by Crippen LogP contribution is 2.27. The Morgan fingerprint density at radius 1 is 1.21 bits per heavy atom. The van der Waals surface area contributed by atoms with Gasteiger partial charge in [-0.1, -0.05) is 36.6 Å². The first kappa shape index (κ1) is 25.7. The predicted octanol–water partition coefficient (Wildman–Crippen LogP) is 4.91. The Hall–Kier alpha value is -2.96. The molecule has 0 radical (unpaired) electrons. The van der Waals surface area contributed by atoms with E-state index in [2.05, 4.69) is 20.6 Å². The van der Waals surface area contributed by atoms with Crippen molar-refractivity contribution in [3.63, 3.8) is 0 Å². The Morgan fingerprint density at radius 2 is 1.88 bits per heavy atom. The molecule has 1 saturated carbocycles. The third kappa shape index (κ3) is 6.55. The number of aromatic nitrogens is 2. The molecule has 1 amide bonds. The number of nitrogens with zero attached hydrogens (tertiary/aromatic N) is 2. The van der Waals surface area contributed by atoms with Crippen LogP contribution in [-0.2, 0) is 4.79 Å². The zero-order chi connectivity index (χ0) is 24.9. The minimum atomic E-state index is -5.08. The van der Waals surface area contributed by atoms with Crippen LogP contribution in [0.2, 0.25) is 5.02 Å². The number of carboxylic acid groups (broad SMARTS) is 1. The van der Waals surface area contributed by atoms with Gasteiger partial charge in [-0.15, -0.1) is 11.3 Å². The van der Waals surface area contributed by atoms with Crippen LogP contribution >= 0.6 is 22.9 Å². The number of carboxylic acids is 1. The number of alkyl halides is 3. The van der Waals surface area contributed by atoms with E-state index >= 15 is 0 Å². The van der Waals surface area contributed by atoms with Crippen LogP contribution in [0.5, 0.6) is 0 Å². The van der Waals surface area contributed by atoms with Gasteiger partial charge in [-0.3, -0.25) is 4.79 Å². The number of hydrogen-bond donors (Lipinski definition) is 4. The van der Waals surface area contributed by atoms with Crippen molar-refractivity contribution < 1.29 is 27.9 Å². The molecular weight excluding hydrogens is 495 g/mol. The Bertz CT molecular complexity index is 1170. The maximum atomic E-state index is 12.7. The van der Waals surface area contributed by atoms with E-state index in [1.54, 1.807) is 23.7 Å². The molecule has 1 aromatic carbocycles. The van der Waals surface area contributed by atoms with Gasteiger partial charge in [0, 0.05) is 17.5 Å². The third-order valence-corrected chi connectivity index (χ3v) is 6.25. The number of hydrogen-bond acceptors (Lipinski definition) is 7. The van der Waals surface area contributed by atoms with Gasteiger partial charge in [0.25, 0.3) is 5.91 Å². The number of carbonyl (C=O) groups is 2. The highest BCUT2D eigenvalue weighted by Gasteiger charge is 2.38. The first-order valence-electron chi connectivity index (χ1n) is 10.2. The lowest BCUT2D eigenvalue weighted by atomic mass is 9.91. The average Bonchev–Trinajstić information content (AvgIpc) is 3.20. The van der Waals surface area contributed by atoms with E-state index in [4.69, 9.17) is 27.2 Å². The topological polar surface area (TPSA) is 130 Å². The molecule has 0 bridgehead atoms. The Balaban J connectivity index is 0.000000406. The van der Waals surface area contributed by atoms with E-state index < -0.39 is 12.1 Å². The number of thiophene rings is 1. The lowest BCUT2D eigenvalue weighted by molar-refractivity contribution is -0.192. The molecule has 2 heterocycles.